The van der Waals surface area contributed by atoms with E-state index in [0.29, 0.717) is 16.7 Å². The third-order valence-electron chi connectivity index (χ3n) is 2.90. The molecule has 18 heavy (non-hydrogen) atoms. The molecule has 0 spiro atoms. The highest BCUT2D eigenvalue weighted by Gasteiger charge is 2.11. The van der Waals surface area contributed by atoms with Crippen molar-refractivity contribution in [1.82, 2.24) is 0 Å². The van der Waals surface area contributed by atoms with Gasteiger partial charge < -0.3 is 0 Å². The number of hydrogen-bond donors (Lipinski definition) is 0. The van der Waals surface area contributed by atoms with E-state index in [-0.39, 0.29) is 11.6 Å². The summed E-state index contributed by atoms with van der Waals surface area (Å²) in [6.45, 7) is 5.58. The van der Waals surface area contributed by atoms with Crippen molar-refractivity contribution >= 4 is 5.78 Å². The predicted molar refractivity (Wildman–Crippen MR) is 70.5 cm³/mol. The standard InChI is InChI=1S/C16H15FO/c1-10-6-11(2)8-14(7-10)16(18)13-4-5-15(17)12(3)9-13/h4-9H,1-3H3. The van der Waals surface area contributed by atoms with E-state index in [1.54, 1.807) is 13.0 Å². The van der Waals surface area contributed by atoms with E-state index in [0.717, 1.165) is 11.1 Å². The molecule has 0 aliphatic heterocycles. The van der Waals surface area contributed by atoms with E-state index in [2.05, 4.69) is 0 Å². The number of carbonyl (C=O) groups excluding carboxylic acids is 1. The van der Waals surface area contributed by atoms with Gasteiger partial charge in [0.15, 0.2) is 5.78 Å². The maximum atomic E-state index is 13.2. The van der Waals surface area contributed by atoms with Crippen LogP contribution in [0.1, 0.15) is 32.6 Å². The van der Waals surface area contributed by atoms with Crippen molar-refractivity contribution in [3.05, 3.63) is 70.0 Å². The van der Waals surface area contributed by atoms with Crippen molar-refractivity contribution < 1.29 is 9.18 Å². The van der Waals surface area contributed by atoms with Crippen molar-refractivity contribution in [2.24, 2.45) is 0 Å². The highest BCUT2D eigenvalue weighted by Crippen LogP contribution is 2.16. The molecule has 92 valence electrons. The van der Waals surface area contributed by atoms with Gasteiger partial charge in [-0.3, -0.25) is 4.79 Å². The van der Waals surface area contributed by atoms with Crippen molar-refractivity contribution in [3.63, 3.8) is 0 Å². The molecule has 0 saturated carbocycles. The zero-order valence-electron chi connectivity index (χ0n) is 10.8. The first-order valence-electron chi connectivity index (χ1n) is 5.86. The lowest BCUT2D eigenvalue weighted by Gasteiger charge is -2.05. The fourth-order valence-electron chi connectivity index (χ4n) is 2.06. The first-order chi connectivity index (χ1) is 8.47. The second kappa shape index (κ2) is 4.73. The Morgan fingerprint density at radius 2 is 1.50 bits per heavy atom. The van der Waals surface area contributed by atoms with Crippen molar-refractivity contribution in [1.29, 1.82) is 0 Å². The van der Waals surface area contributed by atoms with Crippen LogP contribution in [-0.4, -0.2) is 5.78 Å². The lowest BCUT2D eigenvalue weighted by molar-refractivity contribution is 0.103. The fraction of sp³-hybridized carbons (Fsp3) is 0.188. The molecule has 0 N–H and O–H groups in total. The molecule has 0 aliphatic carbocycles. The molecule has 0 amide bonds. The predicted octanol–water partition coefficient (Wildman–Crippen LogP) is 3.98. The van der Waals surface area contributed by atoms with E-state index in [1.165, 1.54) is 12.1 Å². The Bertz CT molecular complexity index is 594. The summed E-state index contributed by atoms with van der Waals surface area (Å²) in [5, 5.41) is 0. The monoisotopic (exact) mass is 242 g/mol. The number of carbonyl (C=O) groups is 1. The number of halogens is 1. The Labute approximate surface area is 106 Å². The fourth-order valence-corrected chi connectivity index (χ4v) is 2.06. The van der Waals surface area contributed by atoms with Crippen LogP contribution in [-0.2, 0) is 0 Å². The third-order valence-corrected chi connectivity index (χ3v) is 2.90. The Hall–Kier alpha value is -1.96. The summed E-state index contributed by atoms with van der Waals surface area (Å²) in [6, 6.07) is 10.2. The Morgan fingerprint density at radius 3 is 2.06 bits per heavy atom. The van der Waals surface area contributed by atoms with Gasteiger partial charge in [-0.1, -0.05) is 17.2 Å². The molecule has 0 heterocycles. The largest absolute Gasteiger partial charge is 0.289 e. The molecular formula is C16H15FO. The van der Waals surface area contributed by atoms with E-state index in [9.17, 15) is 9.18 Å². The zero-order valence-corrected chi connectivity index (χ0v) is 10.8. The summed E-state index contributed by atoms with van der Waals surface area (Å²) in [5.74, 6) is -0.350. The molecule has 2 aromatic rings. The number of aryl methyl sites for hydroxylation is 3. The lowest BCUT2D eigenvalue weighted by atomic mass is 9.98. The van der Waals surface area contributed by atoms with E-state index < -0.39 is 0 Å². The van der Waals surface area contributed by atoms with Gasteiger partial charge in [-0.2, -0.15) is 0 Å². The summed E-state index contributed by atoms with van der Waals surface area (Å²) in [5.41, 5.74) is 3.78. The molecule has 0 radical (unpaired) electrons. The van der Waals surface area contributed by atoms with Gasteiger partial charge in [0.1, 0.15) is 5.82 Å². The molecule has 0 aromatic heterocycles. The van der Waals surface area contributed by atoms with Crippen LogP contribution >= 0.6 is 0 Å². The summed E-state index contributed by atoms with van der Waals surface area (Å²) < 4.78 is 13.2. The van der Waals surface area contributed by atoms with Gasteiger partial charge in [0.05, 0.1) is 0 Å². The summed E-state index contributed by atoms with van der Waals surface area (Å²) in [7, 11) is 0. The summed E-state index contributed by atoms with van der Waals surface area (Å²) >= 11 is 0. The molecular weight excluding hydrogens is 227 g/mol. The summed E-state index contributed by atoms with van der Waals surface area (Å²) in [6.07, 6.45) is 0. The van der Waals surface area contributed by atoms with Crippen LogP contribution in [0.2, 0.25) is 0 Å². The maximum absolute atomic E-state index is 13.2. The van der Waals surface area contributed by atoms with Crippen LogP contribution in [0.25, 0.3) is 0 Å². The highest BCUT2D eigenvalue weighted by atomic mass is 19.1. The van der Waals surface area contributed by atoms with Crippen LogP contribution in [0.5, 0.6) is 0 Å². The SMILES string of the molecule is Cc1cc(C)cc(C(=O)c2ccc(F)c(C)c2)c1. The van der Waals surface area contributed by atoms with Crippen molar-refractivity contribution in [2.45, 2.75) is 20.8 Å². The average Bonchev–Trinajstić information content (AvgIpc) is 2.30. The highest BCUT2D eigenvalue weighted by molar-refractivity contribution is 6.09. The van der Waals surface area contributed by atoms with Crippen LogP contribution in [0.15, 0.2) is 36.4 Å². The van der Waals surface area contributed by atoms with Crippen LogP contribution < -0.4 is 0 Å². The van der Waals surface area contributed by atoms with Gasteiger partial charge in [-0.25, -0.2) is 4.39 Å². The smallest absolute Gasteiger partial charge is 0.193 e. The van der Waals surface area contributed by atoms with Crippen LogP contribution in [0.4, 0.5) is 4.39 Å². The number of rotatable bonds is 2. The molecule has 0 unspecified atom stereocenters. The van der Waals surface area contributed by atoms with Crippen molar-refractivity contribution in [3.8, 4) is 0 Å². The topological polar surface area (TPSA) is 17.1 Å². The average molecular weight is 242 g/mol. The van der Waals surface area contributed by atoms with Gasteiger partial charge in [-0.05, 0) is 56.7 Å². The first-order valence-corrected chi connectivity index (χ1v) is 5.86. The molecule has 1 nitrogen and oxygen atoms in total. The molecule has 0 fully saturated rings. The Morgan fingerprint density at radius 1 is 0.889 bits per heavy atom. The quantitative estimate of drug-likeness (QED) is 0.728. The number of benzene rings is 2. The van der Waals surface area contributed by atoms with Gasteiger partial charge in [-0.15, -0.1) is 0 Å². The normalized spacial score (nSPS) is 10.4. The molecule has 0 aliphatic rings. The van der Waals surface area contributed by atoms with Crippen LogP contribution in [0.3, 0.4) is 0 Å². The minimum Gasteiger partial charge on any atom is -0.289 e. The lowest BCUT2D eigenvalue weighted by Crippen LogP contribution is -2.03. The van der Waals surface area contributed by atoms with E-state index >= 15 is 0 Å². The summed E-state index contributed by atoms with van der Waals surface area (Å²) in [4.78, 5) is 12.3. The molecule has 0 atom stereocenters. The van der Waals surface area contributed by atoms with E-state index in [4.69, 9.17) is 0 Å². The number of hydrogen-bond acceptors (Lipinski definition) is 1. The third kappa shape index (κ3) is 2.48. The van der Waals surface area contributed by atoms with Gasteiger partial charge in [0.25, 0.3) is 0 Å². The second-order valence-electron chi connectivity index (χ2n) is 4.67. The maximum Gasteiger partial charge on any atom is 0.193 e. The van der Waals surface area contributed by atoms with Gasteiger partial charge >= 0.3 is 0 Å². The first kappa shape index (κ1) is 12.5. The molecule has 0 saturated heterocycles. The molecule has 2 heteroatoms. The van der Waals surface area contributed by atoms with Gasteiger partial charge in [0, 0.05) is 11.1 Å². The minimum atomic E-state index is -0.285. The Balaban J connectivity index is 2.44. The Kier molecular flexibility index (Phi) is 3.28. The van der Waals surface area contributed by atoms with Crippen molar-refractivity contribution in [2.75, 3.05) is 0 Å². The number of ketones is 1. The van der Waals surface area contributed by atoms with Gasteiger partial charge in [0.2, 0.25) is 0 Å². The van der Waals surface area contributed by atoms with E-state index in [1.807, 2.05) is 32.0 Å². The molecule has 0 bridgehead atoms. The molecule has 2 aromatic carbocycles. The zero-order chi connectivity index (χ0) is 13.3. The molecule has 2 rings (SSSR count). The van der Waals surface area contributed by atoms with Crippen LogP contribution in [0, 0.1) is 26.6 Å². The second-order valence-corrected chi connectivity index (χ2v) is 4.67. The minimum absolute atomic E-state index is 0.0649.